The molecule has 146 valence electrons. The van der Waals surface area contributed by atoms with Crippen molar-refractivity contribution in [3.8, 4) is 11.5 Å². The van der Waals surface area contributed by atoms with Gasteiger partial charge in [0.2, 0.25) is 5.91 Å². The summed E-state index contributed by atoms with van der Waals surface area (Å²) in [4.78, 5) is 14.6. The number of amides is 1. The minimum Gasteiger partial charge on any atom is -0.497 e. The van der Waals surface area contributed by atoms with Crippen molar-refractivity contribution in [3.05, 3.63) is 48.4 Å². The number of nitrogens with zero attached hydrogens (tertiary/aromatic N) is 1. The van der Waals surface area contributed by atoms with Crippen LogP contribution in [0, 0.1) is 0 Å². The molecule has 3 rings (SSSR count). The normalized spacial score (nSPS) is 15.9. The summed E-state index contributed by atoms with van der Waals surface area (Å²) in [5.74, 6) is 2.40. The lowest BCUT2D eigenvalue weighted by Crippen LogP contribution is -2.40. The predicted octanol–water partition coefficient (Wildman–Crippen LogP) is 3.40. The van der Waals surface area contributed by atoms with Gasteiger partial charge < -0.3 is 19.2 Å². The van der Waals surface area contributed by atoms with Crippen molar-refractivity contribution >= 4 is 5.91 Å². The summed E-state index contributed by atoms with van der Waals surface area (Å²) in [7, 11) is 1.63. The first-order valence-electron chi connectivity index (χ1n) is 9.57. The number of nitrogens with one attached hydrogen (secondary N) is 1. The van der Waals surface area contributed by atoms with Gasteiger partial charge in [-0.05, 0) is 62.3 Å². The standard InChI is InChI=1S/C21H28N2O4/c1-25-17-7-9-18(10-8-17)26-15-11-21(24)22-16-19(20-6-5-14-27-20)23-12-3-2-4-13-23/h5-10,14,19H,2-4,11-13,15-16H2,1H3,(H,22,24). The van der Waals surface area contributed by atoms with E-state index in [4.69, 9.17) is 13.9 Å². The molecular weight excluding hydrogens is 344 g/mol. The molecule has 0 spiro atoms. The van der Waals surface area contributed by atoms with Crippen LogP contribution in [0.2, 0.25) is 0 Å². The molecule has 6 nitrogen and oxygen atoms in total. The number of benzene rings is 1. The number of carbonyl (C=O) groups excluding carboxylic acids is 1. The monoisotopic (exact) mass is 372 g/mol. The zero-order valence-electron chi connectivity index (χ0n) is 15.9. The number of likely N-dealkylation sites (tertiary alicyclic amines) is 1. The van der Waals surface area contributed by atoms with Crippen LogP contribution in [-0.4, -0.2) is 44.2 Å². The average Bonchev–Trinajstić information content (AvgIpc) is 3.24. The van der Waals surface area contributed by atoms with Gasteiger partial charge in [0.15, 0.2) is 0 Å². The van der Waals surface area contributed by atoms with Gasteiger partial charge in [0.25, 0.3) is 0 Å². The minimum absolute atomic E-state index is 0.0166. The van der Waals surface area contributed by atoms with E-state index in [2.05, 4.69) is 10.2 Å². The van der Waals surface area contributed by atoms with Crippen molar-refractivity contribution in [2.45, 2.75) is 31.7 Å². The first kappa shape index (κ1) is 19.3. The highest BCUT2D eigenvalue weighted by Gasteiger charge is 2.24. The Bertz CT molecular complexity index is 679. The number of hydrogen-bond acceptors (Lipinski definition) is 5. The number of hydrogen-bond donors (Lipinski definition) is 1. The zero-order valence-corrected chi connectivity index (χ0v) is 15.9. The highest BCUT2D eigenvalue weighted by molar-refractivity contribution is 5.76. The summed E-state index contributed by atoms with van der Waals surface area (Å²) in [5.41, 5.74) is 0. The fourth-order valence-electron chi connectivity index (χ4n) is 3.35. The summed E-state index contributed by atoms with van der Waals surface area (Å²) >= 11 is 0. The molecule has 2 aromatic rings. The molecule has 1 amide bonds. The topological polar surface area (TPSA) is 63.9 Å². The quantitative estimate of drug-likeness (QED) is 0.731. The molecule has 1 unspecified atom stereocenters. The SMILES string of the molecule is COc1ccc(OCCC(=O)NCC(c2ccco2)N2CCCCC2)cc1. The molecule has 27 heavy (non-hydrogen) atoms. The van der Waals surface area contributed by atoms with E-state index >= 15 is 0 Å². The molecule has 1 saturated heterocycles. The third-order valence-electron chi connectivity index (χ3n) is 4.85. The van der Waals surface area contributed by atoms with E-state index in [1.54, 1.807) is 13.4 Å². The van der Waals surface area contributed by atoms with Crippen molar-refractivity contribution in [3.63, 3.8) is 0 Å². The Morgan fingerprint density at radius 2 is 1.89 bits per heavy atom. The van der Waals surface area contributed by atoms with E-state index in [9.17, 15) is 4.79 Å². The Labute approximate surface area is 160 Å². The van der Waals surface area contributed by atoms with Crippen LogP contribution in [0.1, 0.15) is 37.5 Å². The van der Waals surface area contributed by atoms with Gasteiger partial charge in [0.05, 0.1) is 32.4 Å². The number of methoxy groups -OCH3 is 1. The molecule has 1 aliphatic rings. The summed E-state index contributed by atoms with van der Waals surface area (Å²) in [5, 5.41) is 3.03. The number of ether oxygens (including phenoxy) is 2. The molecule has 1 aromatic heterocycles. The Morgan fingerprint density at radius 1 is 1.15 bits per heavy atom. The summed E-state index contributed by atoms with van der Waals surface area (Å²) < 4.78 is 16.4. The lowest BCUT2D eigenvalue weighted by molar-refractivity contribution is -0.121. The van der Waals surface area contributed by atoms with Gasteiger partial charge in [-0.25, -0.2) is 0 Å². The average molecular weight is 372 g/mol. The van der Waals surface area contributed by atoms with Crippen LogP contribution >= 0.6 is 0 Å². The number of piperidine rings is 1. The molecule has 1 aliphatic heterocycles. The van der Waals surface area contributed by atoms with E-state index in [0.717, 1.165) is 30.3 Å². The lowest BCUT2D eigenvalue weighted by Gasteiger charge is -2.33. The molecule has 1 N–H and O–H groups in total. The van der Waals surface area contributed by atoms with E-state index in [0.29, 0.717) is 19.6 Å². The maximum atomic E-state index is 12.2. The minimum atomic E-state index is -0.0166. The first-order valence-corrected chi connectivity index (χ1v) is 9.57. The van der Waals surface area contributed by atoms with Crippen molar-refractivity contribution < 1.29 is 18.7 Å². The lowest BCUT2D eigenvalue weighted by atomic mass is 10.1. The second-order valence-corrected chi connectivity index (χ2v) is 6.71. The molecule has 0 radical (unpaired) electrons. The fraction of sp³-hybridized carbons (Fsp3) is 0.476. The Kier molecular flexibility index (Phi) is 7.16. The zero-order chi connectivity index (χ0) is 18.9. The van der Waals surface area contributed by atoms with Crippen LogP contribution < -0.4 is 14.8 Å². The Morgan fingerprint density at radius 3 is 2.56 bits per heavy atom. The van der Waals surface area contributed by atoms with Crippen LogP contribution in [0.4, 0.5) is 0 Å². The van der Waals surface area contributed by atoms with Crippen LogP contribution in [0.3, 0.4) is 0 Å². The van der Waals surface area contributed by atoms with Gasteiger partial charge in [-0.15, -0.1) is 0 Å². The van der Waals surface area contributed by atoms with E-state index in [-0.39, 0.29) is 11.9 Å². The van der Waals surface area contributed by atoms with Gasteiger partial charge in [-0.1, -0.05) is 6.42 Å². The molecule has 0 bridgehead atoms. The number of carbonyl (C=O) groups is 1. The van der Waals surface area contributed by atoms with Crippen molar-refractivity contribution in [1.82, 2.24) is 10.2 Å². The fourth-order valence-corrected chi connectivity index (χ4v) is 3.35. The molecule has 6 heteroatoms. The van der Waals surface area contributed by atoms with Gasteiger partial charge in [-0.2, -0.15) is 0 Å². The van der Waals surface area contributed by atoms with Gasteiger partial charge in [0.1, 0.15) is 17.3 Å². The van der Waals surface area contributed by atoms with Crippen molar-refractivity contribution in [2.24, 2.45) is 0 Å². The third kappa shape index (κ3) is 5.76. The smallest absolute Gasteiger partial charge is 0.223 e. The van der Waals surface area contributed by atoms with Crippen LogP contribution in [0.25, 0.3) is 0 Å². The van der Waals surface area contributed by atoms with Gasteiger partial charge >= 0.3 is 0 Å². The van der Waals surface area contributed by atoms with Crippen LogP contribution in [0.15, 0.2) is 47.1 Å². The maximum Gasteiger partial charge on any atom is 0.223 e. The van der Waals surface area contributed by atoms with Gasteiger partial charge in [0, 0.05) is 6.54 Å². The molecule has 1 fully saturated rings. The molecule has 0 aliphatic carbocycles. The predicted molar refractivity (Wildman–Crippen MR) is 103 cm³/mol. The largest absolute Gasteiger partial charge is 0.497 e. The van der Waals surface area contributed by atoms with Crippen molar-refractivity contribution in [2.75, 3.05) is 33.4 Å². The van der Waals surface area contributed by atoms with Gasteiger partial charge in [-0.3, -0.25) is 9.69 Å². The summed E-state index contributed by atoms with van der Waals surface area (Å²) in [6.07, 6.45) is 5.67. The van der Waals surface area contributed by atoms with E-state index in [1.165, 1.54) is 19.3 Å². The third-order valence-corrected chi connectivity index (χ3v) is 4.85. The first-order chi connectivity index (χ1) is 13.3. The molecule has 1 atom stereocenters. The molecular formula is C21H28N2O4. The summed E-state index contributed by atoms with van der Waals surface area (Å²) in [6, 6.07) is 11.3. The number of rotatable bonds is 9. The van der Waals surface area contributed by atoms with E-state index in [1.807, 2.05) is 36.4 Å². The highest BCUT2D eigenvalue weighted by atomic mass is 16.5. The van der Waals surface area contributed by atoms with Crippen LogP contribution in [-0.2, 0) is 4.79 Å². The van der Waals surface area contributed by atoms with Crippen LogP contribution in [0.5, 0.6) is 11.5 Å². The second-order valence-electron chi connectivity index (χ2n) is 6.71. The number of furan rings is 1. The summed E-state index contributed by atoms with van der Waals surface area (Å²) in [6.45, 7) is 2.98. The van der Waals surface area contributed by atoms with E-state index < -0.39 is 0 Å². The maximum absolute atomic E-state index is 12.2. The highest BCUT2D eigenvalue weighted by Crippen LogP contribution is 2.24. The second kappa shape index (κ2) is 10.0. The van der Waals surface area contributed by atoms with Crippen molar-refractivity contribution in [1.29, 1.82) is 0 Å². The molecule has 2 heterocycles. The molecule has 1 aromatic carbocycles. The Balaban J connectivity index is 1.44. The molecule has 0 saturated carbocycles. The Hall–Kier alpha value is -2.47.